The predicted octanol–water partition coefficient (Wildman–Crippen LogP) is -0.516. The zero-order valence-electron chi connectivity index (χ0n) is 11.4. The van der Waals surface area contributed by atoms with Gasteiger partial charge in [0, 0.05) is 13.1 Å². The number of carbonyl (C=O) groups is 2. The van der Waals surface area contributed by atoms with Crippen LogP contribution in [-0.4, -0.2) is 62.4 Å². The molecule has 7 nitrogen and oxygen atoms in total. The Bertz CT molecular complexity index is 465. The van der Waals surface area contributed by atoms with Crippen LogP contribution in [-0.2, 0) is 14.6 Å². The molecule has 2 heterocycles. The van der Waals surface area contributed by atoms with Crippen molar-refractivity contribution in [2.45, 2.75) is 37.8 Å². The molecule has 0 aliphatic carbocycles. The molecule has 0 aromatic carbocycles. The number of carbonyl (C=O) groups excluding carboxylic acids is 2. The van der Waals surface area contributed by atoms with E-state index in [1.807, 2.05) is 0 Å². The molecule has 2 unspecified atom stereocenters. The van der Waals surface area contributed by atoms with E-state index in [0.29, 0.717) is 19.5 Å². The van der Waals surface area contributed by atoms with Crippen LogP contribution in [0.4, 0.5) is 4.79 Å². The van der Waals surface area contributed by atoms with Crippen molar-refractivity contribution < 1.29 is 18.0 Å². The predicted molar refractivity (Wildman–Crippen MR) is 74.0 cm³/mol. The molecule has 2 aliphatic rings. The zero-order valence-corrected chi connectivity index (χ0v) is 12.2. The van der Waals surface area contributed by atoms with Gasteiger partial charge in [-0.1, -0.05) is 12.8 Å². The van der Waals surface area contributed by atoms with Gasteiger partial charge in [-0.3, -0.25) is 4.79 Å². The lowest BCUT2D eigenvalue weighted by Gasteiger charge is -2.21. The van der Waals surface area contributed by atoms with Crippen LogP contribution in [0.15, 0.2) is 0 Å². The fourth-order valence-electron chi connectivity index (χ4n) is 2.86. The lowest BCUT2D eigenvalue weighted by Crippen LogP contribution is -2.37. The molecule has 2 rings (SSSR count). The maximum Gasteiger partial charge on any atom is 0.318 e. The molecule has 20 heavy (non-hydrogen) atoms. The smallest absolute Gasteiger partial charge is 0.318 e. The molecule has 0 bridgehead atoms. The maximum absolute atomic E-state index is 11.8. The van der Waals surface area contributed by atoms with Gasteiger partial charge in [0.05, 0.1) is 23.6 Å². The van der Waals surface area contributed by atoms with E-state index < -0.39 is 9.84 Å². The van der Waals surface area contributed by atoms with Gasteiger partial charge in [0.1, 0.15) is 0 Å². The van der Waals surface area contributed by atoms with Gasteiger partial charge >= 0.3 is 6.03 Å². The molecule has 0 spiro atoms. The molecule has 0 aromatic rings. The number of sulfone groups is 1. The Morgan fingerprint density at radius 1 is 1.25 bits per heavy atom. The van der Waals surface area contributed by atoms with Crippen LogP contribution in [0.3, 0.4) is 0 Å². The summed E-state index contributed by atoms with van der Waals surface area (Å²) >= 11 is 0. The molecule has 2 fully saturated rings. The SMILES string of the molecule is O=CNCCCCCCN1C(=O)NC2CS(=O)(=O)CC21. The molecular formula is C12H21N3O4S. The second-order valence-corrected chi connectivity index (χ2v) is 7.53. The molecule has 114 valence electrons. The Morgan fingerprint density at radius 3 is 2.75 bits per heavy atom. The molecule has 2 N–H and O–H groups in total. The monoisotopic (exact) mass is 303 g/mol. The Balaban J connectivity index is 1.70. The van der Waals surface area contributed by atoms with Crippen LogP contribution in [0.2, 0.25) is 0 Å². The minimum atomic E-state index is -3.01. The van der Waals surface area contributed by atoms with Crippen LogP contribution in [0.1, 0.15) is 25.7 Å². The molecular weight excluding hydrogens is 282 g/mol. The highest BCUT2D eigenvalue weighted by atomic mass is 32.2. The van der Waals surface area contributed by atoms with Crippen molar-refractivity contribution in [2.75, 3.05) is 24.6 Å². The number of unbranched alkanes of at least 4 members (excludes halogenated alkanes) is 3. The van der Waals surface area contributed by atoms with Gasteiger partial charge in [-0.25, -0.2) is 13.2 Å². The number of urea groups is 1. The van der Waals surface area contributed by atoms with Gasteiger partial charge in [-0.05, 0) is 12.8 Å². The Hall–Kier alpha value is -1.31. The van der Waals surface area contributed by atoms with Gasteiger partial charge in [0.2, 0.25) is 6.41 Å². The summed E-state index contributed by atoms with van der Waals surface area (Å²) in [6.45, 7) is 1.28. The average Bonchev–Trinajstić information content (AvgIpc) is 2.80. The zero-order chi connectivity index (χ0) is 14.6. The number of hydrogen-bond donors (Lipinski definition) is 2. The lowest BCUT2D eigenvalue weighted by molar-refractivity contribution is -0.109. The van der Waals surface area contributed by atoms with E-state index in [-0.39, 0.29) is 29.6 Å². The van der Waals surface area contributed by atoms with Gasteiger partial charge in [-0.2, -0.15) is 0 Å². The average molecular weight is 303 g/mol. The van der Waals surface area contributed by atoms with E-state index in [2.05, 4.69) is 10.6 Å². The molecule has 2 atom stereocenters. The minimum absolute atomic E-state index is 0.0667. The number of fused-ring (bicyclic) bond motifs is 1. The van der Waals surface area contributed by atoms with Crippen LogP contribution >= 0.6 is 0 Å². The van der Waals surface area contributed by atoms with E-state index in [9.17, 15) is 18.0 Å². The molecule has 2 saturated heterocycles. The fourth-order valence-corrected chi connectivity index (χ4v) is 4.78. The summed E-state index contributed by atoms with van der Waals surface area (Å²) < 4.78 is 23.1. The number of hydrogen-bond acceptors (Lipinski definition) is 4. The summed E-state index contributed by atoms with van der Waals surface area (Å²) in [5.74, 6) is 0.150. The summed E-state index contributed by atoms with van der Waals surface area (Å²) in [5.41, 5.74) is 0. The van der Waals surface area contributed by atoms with Gasteiger partial charge in [0.15, 0.2) is 9.84 Å². The van der Waals surface area contributed by atoms with E-state index in [1.165, 1.54) is 0 Å². The summed E-state index contributed by atoms with van der Waals surface area (Å²) in [6.07, 6.45) is 4.43. The molecule has 8 heteroatoms. The van der Waals surface area contributed by atoms with Crippen molar-refractivity contribution in [3.63, 3.8) is 0 Å². The van der Waals surface area contributed by atoms with E-state index in [4.69, 9.17) is 0 Å². The highest BCUT2D eigenvalue weighted by Crippen LogP contribution is 2.24. The highest BCUT2D eigenvalue weighted by Gasteiger charge is 2.48. The highest BCUT2D eigenvalue weighted by molar-refractivity contribution is 7.91. The van der Waals surface area contributed by atoms with Crippen molar-refractivity contribution in [1.82, 2.24) is 15.5 Å². The Morgan fingerprint density at radius 2 is 2.00 bits per heavy atom. The van der Waals surface area contributed by atoms with Crippen molar-refractivity contribution in [1.29, 1.82) is 0 Å². The topological polar surface area (TPSA) is 95.6 Å². The lowest BCUT2D eigenvalue weighted by atomic mass is 10.1. The van der Waals surface area contributed by atoms with Crippen molar-refractivity contribution >= 4 is 22.3 Å². The first kappa shape index (κ1) is 15.1. The maximum atomic E-state index is 11.8. The van der Waals surface area contributed by atoms with E-state index in [0.717, 1.165) is 25.7 Å². The Labute approximate surface area is 119 Å². The third kappa shape index (κ3) is 3.62. The van der Waals surface area contributed by atoms with Crippen LogP contribution in [0, 0.1) is 0 Å². The molecule has 0 radical (unpaired) electrons. The first-order valence-electron chi connectivity index (χ1n) is 6.98. The first-order chi connectivity index (χ1) is 9.53. The van der Waals surface area contributed by atoms with Crippen LogP contribution < -0.4 is 10.6 Å². The normalized spacial score (nSPS) is 27.2. The van der Waals surface area contributed by atoms with Crippen molar-refractivity contribution in [2.24, 2.45) is 0 Å². The molecule has 0 saturated carbocycles. The number of nitrogens with zero attached hydrogens (tertiary/aromatic N) is 1. The van der Waals surface area contributed by atoms with Gasteiger partial charge in [0.25, 0.3) is 0 Å². The van der Waals surface area contributed by atoms with Gasteiger partial charge < -0.3 is 15.5 Å². The first-order valence-corrected chi connectivity index (χ1v) is 8.80. The summed E-state index contributed by atoms with van der Waals surface area (Å²) in [7, 11) is -3.01. The summed E-state index contributed by atoms with van der Waals surface area (Å²) in [5, 5.41) is 5.35. The number of rotatable bonds is 8. The van der Waals surface area contributed by atoms with Crippen molar-refractivity contribution in [3.05, 3.63) is 0 Å². The second kappa shape index (κ2) is 6.43. The Kier molecular flexibility index (Phi) is 4.85. The third-order valence-electron chi connectivity index (χ3n) is 3.85. The number of amides is 3. The largest absolute Gasteiger partial charge is 0.359 e. The second-order valence-electron chi connectivity index (χ2n) is 5.38. The van der Waals surface area contributed by atoms with Crippen molar-refractivity contribution in [3.8, 4) is 0 Å². The third-order valence-corrected chi connectivity index (χ3v) is 5.56. The molecule has 3 amide bonds. The molecule has 0 aromatic heterocycles. The minimum Gasteiger partial charge on any atom is -0.359 e. The standard InChI is InChI=1S/C12H21N3O4S/c16-9-13-5-3-1-2-4-6-15-11-8-20(18,19)7-10(11)14-12(15)17/h9-11H,1-8H2,(H,13,16)(H,14,17). The van der Waals surface area contributed by atoms with Crippen LogP contribution in [0.5, 0.6) is 0 Å². The molecule has 2 aliphatic heterocycles. The van der Waals surface area contributed by atoms with E-state index in [1.54, 1.807) is 4.90 Å². The quantitative estimate of drug-likeness (QED) is 0.358. The van der Waals surface area contributed by atoms with E-state index >= 15 is 0 Å². The number of nitrogens with one attached hydrogen (secondary N) is 2. The summed E-state index contributed by atoms with van der Waals surface area (Å²) in [6, 6.07) is -0.564. The fraction of sp³-hybridized carbons (Fsp3) is 0.833. The summed E-state index contributed by atoms with van der Waals surface area (Å²) in [4.78, 5) is 23.5. The van der Waals surface area contributed by atoms with Crippen LogP contribution in [0.25, 0.3) is 0 Å². The van der Waals surface area contributed by atoms with Gasteiger partial charge in [-0.15, -0.1) is 0 Å².